The molecule has 2 N–H and O–H groups in total. The second-order valence-corrected chi connectivity index (χ2v) is 8.25. The number of esters is 1. The Morgan fingerprint density at radius 2 is 1.49 bits per heavy atom. The standard InChI is InChI=1S/C28H30N2O5/c1-4-34-24-13-9-8-12-23(24)27(32)30-25(19(2)3)28(33)35-18-20-14-16-21(17-15-20)26(31)29-22-10-6-5-7-11-22/h5-17,19,25H,4,18H2,1-3H3,(H,29,31)(H,30,32)/t25-/m0/s1. The number of carbonyl (C=O) groups is 3. The Kier molecular flexibility index (Phi) is 9.01. The second-order valence-electron chi connectivity index (χ2n) is 8.25. The van der Waals surface area contributed by atoms with Crippen LogP contribution in [0, 0.1) is 5.92 Å². The highest BCUT2D eigenvalue weighted by atomic mass is 16.5. The van der Waals surface area contributed by atoms with Crippen LogP contribution >= 0.6 is 0 Å². The Bertz CT molecular complexity index is 1140. The van der Waals surface area contributed by atoms with Gasteiger partial charge >= 0.3 is 5.97 Å². The lowest BCUT2D eigenvalue weighted by Crippen LogP contribution is -2.45. The van der Waals surface area contributed by atoms with E-state index >= 15 is 0 Å². The van der Waals surface area contributed by atoms with E-state index in [2.05, 4.69) is 10.6 Å². The van der Waals surface area contributed by atoms with E-state index in [0.29, 0.717) is 29.2 Å². The summed E-state index contributed by atoms with van der Waals surface area (Å²) in [5.74, 6) is -0.893. The fourth-order valence-electron chi connectivity index (χ4n) is 3.37. The molecular formula is C28H30N2O5. The first kappa shape index (κ1) is 25.5. The van der Waals surface area contributed by atoms with E-state index in [1.165, 1.54) is 0 Å². The monoisotopic (exact) mass is 474 g/mol. The lowest BCUT2D eigenvalue weighted by Gasteiger charge is -2.21. The lowest BCUT2D eigenvalue weighted by atomic mass is 10.0. The van der Waals surface area contributed by atoms with Crippen LogP contribution in [0.2, 0.25) is 0 Å². The predicted octanol–water partition coefficient (Wildman–Crippen LogP) is 4.84. The highest BCUT2D eigenvalue weighted by Gasteiger charge is 2.27. The van der Waals surface area contributed by atoms with E-state index in [1.54, 1.807) is 48.5 Å². The second kappa shape index (κ2) is 12.4. The molecule has 3 rings (SSSR count). The van der Waals surface area contributed by atoms with Crippen LogP contribution in [-0.4, -0.2) is 30.4 Å². The minimum absolute atomic E-state index is 0.0219. The van der Waals surface area contributed by atoms with Crippen molar-refractivity contribution in [3.05, 3.63) is 95.6 Å². The molecule has 0 aliphatic heterocycles. The maximum atomic E-state index is 12.8. The molecule has 1 atom stereocenters. The molecule has 3 aromatic rings. The molecule has 3 aromatic carbocycles. The molecule has 0 heterocycles. The third-order valence-corrected chi connectivity index (χ3v) is 5.27. The summed E-state index contributed by atoms with van der Waals surface area (Å²) >= 11 is 0. The Hall–Kier alpha value is -4.13. The molecule has 7 heteroatoms. The molecule has 0 aliphatic carbocycles. The Morgan fingerprint density at radius 1 is 0.829 bits per heavy atom. The molecular weight excluding hydrogens is 444 g/mol. The van der Waals surface area contributed by atoms with E-state index in [-0.39, 0.29) is 18.4 Å². The Morgan fingerprint density at radius 3 is 2.14 bits per heavy atom. The molecule has 0 saturated heterocycles. The van der Waals surface area contributed by atoms with Crippen molar-refractivity contribution in [1.29, 1.82) is 0 Å². The molecule has 0 unspecified atom stereocenters. The smallest absolute Gasteiger partial charge is 0.329 e. The van der Waals surface area contributed by atoms with Gasteiger partial charge in [0.2, 0.25) is 0 Å². The average molecular weight is 475 g/mol. The fraction of sp³-hybridized carbons (Fsp3) is 0.250. The number of benzene rings is 3. The van der Waals surface area contributed by atoms with Crippen molar-refractivity contribution >= 4 is 23.5 Å². The van der Waals surface area contributed by atoms with Crippen LogP contribution in [-0.2, 0) is 16.1 Å². The molecule has 182 valence electrons. The zero-order valence-corrected chi connectivity index (χ0v) is 20.1. The van der Waals surface area contributed by atoms with Gasteiger partial charge in [0.15, 0.2) is 0 Å². The first-order valence-electron chi connectivity index (χ1n) is 11.5. The van der Waals surface area contributed by atoms with Crippen molar-refractivity contribution in [2.75, 3.05) is 11.9 Å². The van der Waals surface area contributed by atoms with Gasteiger partial charge in [-0.15, -0.1) is 0 Å². The minimum Gasteiger partial charge on any atom is -0.493 e. The maximum absolute atomic E-state index is 12.8. The first-order valence-corrected chi connectivity index (χ1v) is 11.5. The summed E-state index contributed by atoms with van der Waals surface area (Å²) < 4.78 is 11.0. The number of nitrogens with one attached hydrogen (secondary N) is 2. The lowest BCUT2D eigenvalue weighted by molar-refractivity contribution is -0.148. The van der Waals surface area contributed by atoms with Gasteiger partial charge in [-0.3, -0.25) is 9.59 Å². The van der Waals surface area contributed by atoms with Crippen LogP contribution < -0.4 is 15.4 Å². The van der Waals surface area contributed by atoms with Crippen molar-refractivity contribution in [2.45, 2.75) is 33.4 Å². The topological polar surface area (TPSA) is 93.7 Å². The number of para-hydroxylation sites is 2. The number of ether oxygens (including phenoxy) is 2. The number of rotatable bonds is 10. The van der Waals surface area contributed by atoms with Crippen LogP contribution in [0.1, 0.15) is 47.1 Å². The van der Waals surface area contributed by atoms with Gasteiger partial charge in [0.25, 0.3) is 11.8 Å². The maximum Gasteiger partial charge on any atom is 0.329 e. The van der Waals surface area contributed by atoms with Crippen molar-refractivity contribution in [3.8, 4) is 5.75 Å². The van der Waals surface area contributed by atoms with Gasteiger partial charge in [-0.1, -0.05) is 56.3 Å². The van der Waals surface area contributed by atoms with E-state index in [1.807, 2.05) is 51.1 Å². The Labute approximate surface area is 205 Å². The quantitative estimate of drug-likeness (QED) is 0.410. The summed E-state index contributed by atoms with van der Waals surface area (Å²) in [5.41, 5.74) is 2.28. The molecule has 0 radical (unpaired) electrons. The highest BCUT2D eigenvalue weighted by Crippen LogP contribution is 2.19. The molecule has 0 aliphatic rings. The number of anilines is 1. The van der Waals surface area contributed by atoms with Crippen molar-refractivity contribution in [1.82, 2.24) is 5.32 Å². The average Bonchev–Trinajstić information content (AvgIpc) is 2.87. The summed E-state index contributed by atoms with van der Waals surface area (Å²) in [4.78, 5) is 38.0. The van der Waals surface area contributed by atoms with Gasteiger partial charge in [-0.25, -0.2) is 4.79 Å². The van der Waals surface area contributed by atoms with Gasteiger partial charge in [0.1, 0.15) is 18.4 Å². The predicted molar refractivity (Wildman–Crippen MR) is 134 cm³/mol. The highest BCUT2D eigenvalue weighted by molar-refractivity contribution is 6.04. The number of hydrogen-bond donors (Lipinski definition) is 2. The number of amides is 2. The summed E-state index contributed by atoms with van der Waals surface area (Å²) in [6.45, 7) is 5.95. The minimum atomic E-state index is -0.826. The van der Waals surface area contributed by atoms with Gasteiger partial charge in [0.05, 0.1) is 12.2 Å². The molecule has 35 heavy (non-hydrogen) atoms. The Balaban J connectivity index is 1.58. The molecule has 0 bridgehead atoms. The van der Waals surface area contributed by atoms with Crippen LogP contribution in [0.3, 0.4) is 0 Å². The largest absolute Gasteiger partial charge is 0.493 e. The first-order chi connectivity index (χ1) is 16.9. The molecule has 0 saturated carbocycles. The zero-order valence-electron chi connectivity index (χ0n) is 20.1. The molecule has 2 amide bonds. The van der Waals surface area contributed by atoms with Gasteiger partial charge < -0.3 is 20.1 Å². The third kappa shape index (κ3) is 7.17. The summed E-state index contributed by atoms with van der Waals surface area (Å²) in [5, 5.41) is 5.59. The van der Waals surface area contributed by atoms with Crippen molar-refractivity contribution < 1.29 is 23.9 Å². The number of carbonyl (C=O) groups excluding carboxylic acids is 3. The molecule has 7 nitrogen and oxygen atoms in total. The van der Waals surface area contributed by atoms with Gasteiger partial charge in [-0.05, 0) is 54.8 Å². The third-order valence-electron chi connectivity index (χ3n) is 5.27. The van der Waals surface area contributed by atoms with E-state index in [9.17, 15) is 14.4 Å². The van der Waals surface area contributed by atoms with Gasteiger partial charge in [-0.2, -0.15) is 0 Å². The summed E-state index contributed by atoms with van der Waals surface area (Å²) in [7, 11) is 0. The number of hydrogen-bond acceptors (Lipinski definition) is 5. The van der Waals surface area contributed by atoms with Crippen LogP contribution in [0.15, 0.2) is 78.9 Å². The van der Waals surface area contributed by atoms with Crippen molar-refractivity contribution in [2.24, 2.45) is 5.92 Å². The summed E-state index contributed by atoms with van der Waals surface area (Å²) in [6, 6.07) is 22.1. The molecule has 0 fully saturated rings. The van der Waals surface area contributed by atoms with Crippen LogP contribution in [0.5, 0.6) is 5.75 Å². The zero-order chi connectivity index (χ0) is 25.2. The van der Waals surface area contributed by atoms with Crippen LogP contribution in [0.4, 0.5) is 5.69 Å². The van der Waals surface area contributed by atoms with Gasteiger partial charge in [0, 0.05) is 11.3 Å². The fourth-order valence-corrected chi connectivity index (χ4v) is 3.37. The van der Waals surface area contributed by atoms with E-state index in [4.69, 9.17) is 9.47 Å². The molecule has 0 aromatic heterocycles. The van der Waals surface area contributed by atoms with E-state index < -0.39 is 17.9 Å². The molecule has 0 spiro atoms. The van der Waals surface area contributed by atoms with Crippen molar-refractivity contribution in [3.63, 3.8) is 0 Å². The van der Waals surface area contributed by atoms with Crippen LogP contribution in [0.25, 0.3) is 0 Å². The SMILES string of the molecule is CCOc1ccccc1C(=O)N[C@H](C(=O)OCc1ccc(C(=O)Nc2ccccc2)cc1)C(C)C. The summed E-state index contributed by atoms with van der Waals surface area (Å²) in [6.07, 6.45) is 0. The van der Waals surface area contributed by atoms with E-state index in [0.717, 1.165) is 5.56 Å². The normalized spacial score (nSPS) is 11.4.